The SMILES string of the molecule is C=C/C=C/C.CC(C)(C)[N-][Si](C)(C)C1CC(N2CCCC2)C2C=CC=CC21.[CH3-].[CH3-].[CH3-].[Ti+4]. The summed E-state index contributed by atoms with van der Waals surface area (Å²) in [6.07, 6.45) is 19.3. The summed E-state index contributed by atoms with van der Waals surface area (Å²) in [5.74, 6) is 1.46. The van der Waals surface area contributed by atoms with E-state index in [1.807, 2.05) is 19.1 Å². The van der Waals surface area contributed by atoms with Gasteiger partial charge in [-0.05, 0) is 51.1 Å². The molecule has 0 amide bonds. The van der Waals surface area contributed by atoms with Crippen LogP contribution >= 0.6 is 0 Å². The molecular formula is C27H50N2SiTi. The van der Waals surface area contributed by atoms with Gasteiger partial charge in [0.1, 0.15) is 0 Å². The molecule has 0 aromatic rings. The maximum atomic E-state index is 5.34. The normalized spacial score (nSPS) is 27.0. The van der Waals surface area contributed by atoms with E-state index in [0.29, 0.717) is 0 Å². The zero-order chi connectivity index (χ0) is 20.1. The number of allylic oxidation sites excluding steroid dienone is 6. The predicted octanol–water partition coefficient (Wildman–Crippen LogP) is 8.06. The number of nitrogens with zero attached hydrogens (tertiary/aromatic N) is 2. The van der Waals surface area contributed by atoms with Crippen molar-refractivity contribution in [2.24, 2.45) is 11.8 Å². The second kappa shape index (κ2) is 15.6. The van der Waals surface area contributed by atoms with Crippen molar-refractivity contribution in [2.75, 3.05) is 13.1 Å². The first-order valence-electron chi connectivity index (χ1n) is 10.8. The van der Waals surface area contributed by atoms with Crippen LogP contribution in [0.4, 0.5) is 0 Å². The molecule has 0 spiro atoms. The fourth-order valence-corrected chi connectivity index (χ4v) is 9.30. The molecule has 31 heavy (non-hydrogen) atoms. The third-order valence-electron chi connectivity index (χ3n) is 6.10. The Morgan fingerprint density at radius 3 is 1.94 bits per heavy atom. The van der Waals surface area contributed by atoms with Gasteiger partial charge in [0.15, 0.2) is 0 Å². The van der Waals surface area contributed by atoms with Gasteiger partial charge in [-0.15, -0.1) is 5.54 Å². The zero-order valence-corrected chi connectivity index (χ0v) is 24.5. The van der Waals surface area contributed by atoms with E-state index in [1.165, 1.54) is 32.4 Å². The van der Waals surface area contributed by atoms with E-state index < -0.39 is 8.24 Å². The molecule has 0 aromatic carbocycles. The van der Waals surface area contributed by atoms with Crippen LogP contribution in [-0.4, -0.2) is 37.8 Å². The van der Waals surface area contributed by atoms with E-state index in [1.54, 1.807) is 6.08 Å². The van der Waals surface area contributed by atoms with Crippen molar-refractivity contribution in [1.82, 2.24) is 4.90 Å². The molecule has 0 bridgehead atoms. The van der Waals surface area contributed by atoms with Gasteiger partial charge in [0.25, 0.3) is 0 Å². The third-order valence-corrected chi connectivity index (χ3v) is 9.78. The largest absolute Gasteiger partial charge is 4.00 e. The van der Waals surface area contributed by atoms with Crippen molar-refractivity contribution in [2.45, 2.75) is 77.2 Å². The van der Waals surface area contributed by atoms with Gasteiger partial charge in [0.2, 0.25) is 0 Å². The summed E-state index contributed by atoms with van der Waals surface area (Å²) in [5, 5.41) is 0. The Morgan fingerprint density at radius 1 is 1.00 bits per heavy atom. The number of fused-ring (bicyclic) bond motifs is 1. The van der Waals surface area contributed by atoms with Gasteiger partial charge in [-0.1, -0.05) is 96.8 Å². The summed E-state index contributed by atoms with van der Waals surface area (Å²) in [6, 6.07) is 0.764. The van der Waals surface area contributed by atoms with E-state index in [0.717, 1.165) is 23.4 Å². The standard InChI is InChI=1S/C19H33N2Si.C5H8.3CH3.Ti/c1-19(2,3)20-22(4,5)18-14-17(21-12-8-9-13-21)15-10-6-7-11-16(15)18;1-3-5-4-2;;;;/h6-7,10-11,15-18H,8-9,12-14H2,1-5H3;3-5H,1H2,2H3;3*1H3;/q-1;;3*-1;+4/b;5-4+;;;;. The monoisotopic (exact) mass is 478 g/mol. The molecule has 4 heteroatoms. The molecule has 2 aliphatic carbocycles. The summed E-state index contributed by atoms with van der Waals surface area (Å²) in [6.45, 7) is 19.9. The fourth-order valence-electron chi connectivity index (χ4n) is 5.31. The first-order chi connectivity index (χ1) is 12.7. The third kappa shape index (κ3) is 10.1. The fraction of sp³-hybridized carbons (Fsp3) is 0.593. The van der Waals surface area contributed by atoms with Crippen LogP contribution in [-0.2, 0) is 21.7 Å². The average Bonchev–Trinajstić information content (AvgIpc) is 3.21. The number of likely N-dealkylation sites (tertiary alicyclic amines) is 1. The van der Waals surface area contributed by atoms with Gasteiger partial charge in [-0.3, -0.25) is 4.90 Å². The van der Waals surface area contributed by atoms with Gasteiger partial charge in [-0.2, -0.15) is 0 Å². The van der Waals surface area contributed by atoms with Crippen LogP contribution in [0.5, 0.6) is 0 Å². The Kier molecular flexibility index (Phi) is 17.8. The molecule has 3 aliphatic rings. The Hall–Kier alpha value is -0.189. The van der Waals surface area contributed by atoms with Crippen LogP contribution < -0.4 is 0 Å². The molecule has 1 aliphatic heterocycles. The van der Waals surface area contributed by atoms with E-state index >= 15 is 0 Å². The minimum absolute atomic E-state index is 0. The van der Waals surface area contributed by atoms with Crippen molar-refractivity contribution in [1.29, 1.82) is 0 Å². The molecule has 1 heterocycles. The average molecular weight is 479 g/mol. The molecular weight excluding hydrogens is 428 g/mol. The van der Waals surface area contributed by atoms with Gasteiger partial charge < -0.3 is 27.3 Å². The zero-order valence-electron chi connectivity index (χ0n) is 22.0. The van der Waals surface area contributed by atoms with Crippen LogP contribution in [0.15, 0.2) is 49.1 Å². The molecule has 0 aromatic heterocycles. The van der Waals surface area contributed by atoms with Gasteiger partial charge >= 0.3 is 21.7 Å². The second-order valence-corrected chi connectivity index (χ2v) is 14.0. The summed E-state index contributed by atoms with van der Waals surface area (Å²) in [5.41, 5.74) is 0.897. The van der Waals surface area contributed by atoms with Crippen molar-refractivity contribution < 1.29 is 21.7 Å². The molecule has 1 saturated heterocycles. The van der Waals surface area contributed by atoms with E-state index in [9.17, 15) is 0 Å². The summed E-state index contributed by atoms with van der Waals surface area (Å²) < 4.78 is 0. The minimum atomic E-state index is -1.59. The first kappa shape index (κ1) is 35.4. The van der Waals surface area contributed by atoms with Crippen LogP contribution in [0.3, 0.4) is 0 Å². The first-order valence-corrected chi connectivity index (χ1v) is 13.8. The van der Waals surface area contributed by atoms with Crippen LogP contribution in [0.25, 0.3) is 4.98 Å². The van der Waals surface area contributed by atoms with Crippen molar-refractivity contribution in [3.8, 4) is 0 Å². The second-order valence-electron chi connectivity index (χ2n) is 9.77. The van der Waals surface area contributed by atoms with Crippen molar-refractivity contribution >= 4 is 8.24 Å². The summed E-state index contributed by atoms with van der Waals surface area (Å²) in [7, 11) is -1.59. The predicted molar refractivity (Wildman–Crippen MR) is 143 cm³/mol. The quantitative estimate of drug-likeness (QED) is 0.227. The van der Waals surface area contributed by atoms with Gasteiger partial charge in [0.05, 0.1) is 0 Å². The Balaban J connectivity index is -0.000000790. The number of hydrogen-bond acceptors (Lipinski definition) is 1. The molecule has 3 rings (SSSR count). The Bertz CT molecular complexity index is 568. The molecule has 2 nitrogen and oxygen atoms in total. The van der Waals surface area contributed by atoms with E-state index in [4.69, 9.17) is 4.98 Å². The Labute approximate surface area is 212 Å². The smallest absolute Gasteiger partial charge is 0.660 e. The molecule has 2 fully saturated rings. The minimum Gasteiger partial charge on any atom is -0.660 e. The number of rotatable bonds is 4. The summed E-state index contributed by atoms with van der Waals surface area (Å²) >= 11 is 0. The van der Waals surface area contributed by atoms with Crippen molar-refractivity contribution in [3.63, 3.8) is 0 Å². The van der Waals surface area contributed by atoms with Gasteiger partial charge in [0, 0.05) is 6.04 Å². The van der Waals surface area contributed by atoms with Crippen LogP contribution in [0, 0.1) is 34.1 Å². The maximum absolute atomic E-state index is 5.34. The molecule has 4 atom stereocenters. The maximum Gasteiger partial charge on any atom is 4.00 e. The van der Waals surface area contributed by atoms with E-state index in [2.05, 4.69) is 69.6 Å². The van der Waals surface area contributed by atoms with Gasteiger partial charge in [-0.25, -0.2) is 0 Å². The molecule has 0 N–H and O–H groups in total. The topological polar surface area (TPSA) is 17.3 Å². The van der Waals surface area contributed by atoms with Crippen LogP contribution in [0.1, 0.15) is 47.0 Å². The molecule has 4 unspecified atom stereocenters. The Morgan fingerprint density at radius 2 is 1.52 bits per heavy atom. The molecule has 176 valence electrons. The van der Waals surface area contributed by atoms with E-state index in [-0.39, 0.29) is 49.5 Å². The van der Waals surface area contributed by atoms with Crippen molar-refractivity contribution in [3.05, 3.63) is 76.4 Å². The summed E-state index contributed by atoms with van der Waals surface area (Å²) in [4.78, 5) is 8.12. The molecule has 0 radical (unpaired) electrons. The molecule has 1 saturated carbocycles. The number of hydrogen-bond donors (Lipinski definition) is 0. The van der Waals surface area contributed by atoms with Crippen LogP contribution in [0.2, 0.25) is 18.6 Å².